The standard InChI is InChI=1S/C13H17NO3/c15-12-5-2-7-14(8-6-12)11-4-1-3-10(9-11)13(16)17/h1,3-4,9,12,15H,2,5-8H2,(H,16,17). The van der Waals surface area contributed by atoms with Crippen molar-refractivity contribution in [3.05, 3.63) is 29.8 Å². The molecule has 1 aliphatic heterocycles. The third kappa shape index (κ3) is 2.97. The van der Waals surface area contributed by atoms with Crippen LogP contribution in [0.2, 0.25) is 0 Å². The highest BCUT2D eigenvalue weighted by Crippen LogP contribution is 2.20. The van der Waals surface area contributed by atoms with E-state index in [1.807, 2.05) is 6.07 Å². The Kier molecular flexibility index (Phi) is 3.64. The van der Waals surface area contributed by atoms with Crippen molar-refractivity contribution in [3.8, 4) is 0 Å². The number of carboxylic acid groups (broad SMARTS) is 1. The molecule has 1 saturated heterocycles. The van der Waals surface area contributed by atoms with Crippen LogP contribution in [0.15, 0.2) is 24.3 Å². The molecule has 0 aromatic heterocycles. The summed E-state index contributed by atoms with van der Waals surface area (Å²) in [5, 5.41) is 18.5. The van der Waals surface area contributed by atoms with E-state index in [1.165, 1.54) is 0 Å². The molecule has 2 rings (SSSR count). The van der Waals surface area contributed by atoms with E-state index in [-0.39, 0.29) is 6.10 Å². The van der Waals surface area contributed by atoms with E-state index in [0.717, 1.165) is 38.0 Å². The number of anilines is 1. The van der Waals surface area contributed by atoms with Crippen LogP contribution in [0, 0.1) is 0 Å². The van der Waals surface area contributed by atoms with Gasteiger partial charge in [0.15, 0.2) is 0 Å². The van der Waals surface area contributed by atoms with Crippen LogP contribution in [0.3, 0.4) is 0 Å². The van der Waals surface area contributed by atoms with Crippen molar-refractivity contribution in [2.75, 3.05) is 18.0 Å². The zero-order valence-electron chi connectivity index (χ0n) is 9.67. The Bertz CT molecular complexity index is 405. The second kappa shape index (κ2) is 5.19. The molecule has 0 saturated carbocycles. The zero-order valence-corrected chi connectivity index (χ0v) is 9.67. The fraction of sp³-hybridized carbons (Fsp3) is 0.462. The number of aliphatic hydroxyl groups excluding tert-OH is 1. The first kappa shape index (κ1) is 11.9. The van der Waals surface area contributed by atoms with Crippen LogP contribution >= 0.6 is 0 Å². The molecule has 0 radical (unpaired) electrons. The van der Waals surface area contributed by atoms with Gasteiger partial charge in [-0.1, -0.05) is 6.07 Å². The van der Waals surface area contributed by atoms with Gasteiger partial charge in [-0.25, -0.2) is 4.79 Å². The van der Waals surface area contributed by atoms with Crippen LogP contribution in [0.1, 0.15) is 29.6 Å². The minimum atomic E-state index is -0.901. The van der Waals surface area contributed by atoms with E-state index in [0.29, 0.717) is 5.56 Å². The molecule has 4 nitrogen and oxygen atoms in total. The van der Waals surface area contributed by atoms with Crippen LogP contribution in [0.5, 0.6) is 0 Å². The third-order valence-corrected chi connectivity index (χ3v) is 3.16. The number of benzene rings is 1. The summed E-state index contributed by atoms with van der Waals surface area (Å²) in [5.41, 5.74) is 1.24. The van der Waals surface area contributed by atoms with Gasteiger partial charge >= 0.3 is 5.97 Å². The molecule has 0 amide bonds. The van der Waals surface area contributed by atoms with Crippen molar-refractivity contribution in [1.29, 1.82) is 0 Å². The molecule has 17 heavy (non-hydrogen) atoms. The largest absolute Gasteiger partial charge is 0.478 e. The first-order valence-corrected chi connectivity index (χ1v) is 5.93. The molecule has 2 N–H and O–H groups in total. The zero-order chi connectivity index (χ0) is 12.3. The Morgan fingerprint density at radius 2 is 2.12 bits per heavy atom. The van der Waals surface area contributed by atoms with Gasteiger partial charge in [0.25, 0.3) is 0 Å². The quantitative estimate of drug-likeness (QED) is 0.819. The lowest BCUT2D eigenvalue weighted by molar-refractivity contribution is 0.0697. The number of aromatic carboxylic acids is 1. The minimum absolute atomic E-state index is 0.220. The Balaban J connectivity index is 2.15. The molecule has 0 bridgehead atoms. The van der Waals surface area contributed by atoms with Gasteiger partial charge in [-0.2, -0.15) is 0 Å². The van der Waals surface area contributed by atoms with Gasteiger partial charge in [0, 0.05) is 18.8 Å². The lowest BCUT2D eigenvalue weighted by Gasteiger charge is -2.22. The first-order valence-electron chi connectivity index (χ1n) is 5.93. The number of rotatable bonds is 2. The average molecular weight is 235 g/mol. The molecule has 1 unspecified atom stereocenters. The Morgan fingerprint density at radius 1 is 1.29 bits per heavy atom. The number of hydrogen-bond acceptors (Lipinski definition) is 3. The summed E-state index contributed by atoms with van der Waals surface area (Å²) in [5.74, 6) is -0.901. The molecule has 1 aliphatic rings. The summed E-state index contributed by atoms with van der Waals surface area (Å²) in [7, 11) is 0. The highest BCUT2D eigenvalue weighted by Gasteiger charge is 2.15. The van der Waals surface area contributed by atoms with E-state index in [1.54, 1.807) is 18.2 Å². The lowest BCUT2D eigenvalue weighted by atomic mass is 10.2. The molecule has 92 valence electrons. The fourth-order valence-corrected chi connectivity index (χ4v) is 2.17. The van der Waals surface area contributed by atoms with Gasteiger partial charge in [0.1, 0.15) is 0 Å². The maximum atomic E-state index is 10.9. The molecule has 4 heteroatoms. The van der Waals surface area contributed by atoms with Gasteiger partial charge in [-0.3, -0.25) is 0 Å². The van der Waals surface area contributed by atoms with E-state index < -0.39 is 5.97 Å². The van der Waals surface area contributed by atoms with Crippen LogP contribution in [0.4, 0.5) is 5.69 Å². The third-order valence-electron chi connectivity index (χ3n) is 3.16. The Labute approximate surface area is 100 Å². The average Bonchev–Trinajstić information content (AvgIpc) is 2.54. The topological polar surface area (TPSA) is 60.8 Å². The van der Waals surface area contributed by atoms with Crippen LogP contribution in [-0.2, 0) is 0 Å². The molecule has 0 aliphatic carbocycles. The Hall–Kier alpha value is -1.55. The van der Waals surface area contributed by atoms with Crippen molar-refractivity contribution < 1.29 is 15.0 Å². The summed E-state index contributed by atoms with van der Waals surface area (Å²) in [6, 6.07) is 6.97. The summed E-state index contributed by atoms with van der Waals surface area (Å²) in [4.78, 5) is 13.0. The number of aliphatic hydroxyl groups is 1. The normalized spacial score (nSPS) is 21.0. The maximum Gasteiger partial charge on any atom is 0.335 e. The van der Waals surface area contributed by atoms with Gasteiger partial charge in [0.05, 0.1) is 11.7 Å². The van der Waals surface area contributed by atoms with Crippen molar-refractivity contribution in [1.82, 2.24) is 0 Å². The molecule has 1 heterocycles. The van der Waals surface area contributed by atoms with Gasteiger partial charge in [-0.05, 0) is 37.5 Å². The lowest BCUT2D eigenvalue weighted by Crippen LogP contribution is -2.24. The second-order valence-electron chi connectivity index (χ2n) is 4.43. The number of carboxylic acids is 1. The first-order chi connectivity index (χ1) is 8.16. The predicted molar refractivity (Wildman–Crippen MR) is 65.5 cm³/mol. The van der Waals surface area contributed by atoms with Crippen LogP contribution < -0.4 is 4.90 Å². The molecular formula is C13H17NO3. The monoisotopic (exact) mass is 235 g/mol. The molecule has 1 atom stereocenters. The predicted octanol–water partition coefficient (Wildman–Crippen LogP) is 1.74. The summed E-state index contributed by atoms with van der Waals surface area (Å²) in [6.45, 7) is 1.66. The number of nitrogens with zero attached hydrogens (tertiary/aromatic N) is 1. The second-order valence-corrected chi connectivity index (χ2v) is 4.43. The SMILES string of the molecule is O=C(O)c1cccc(N2CCCC(O)CC2)c1. The Morgan fingerprint density at radius 3 is 2.88 bits per heavy atom. The molecule has 1 fully saturated rings. The van der Waals surface area contributed by atoms with Gasteiger partial charge < -0.3 is 15.1 Å². The number of carbonyl (C=O) groups is 1. The van der Waals surface area contributed by atoms with Crippen molar-refractivity contribution in [2.24, 2.45) is 0 Å². The van der Waals surface area contributed by atoms with E-state index in [2.05, 4.69) is 4.90 Å². The molecular weight excluding hydrogens is 218 g/mol. The van der Waals surface area contributed by atoms with E-state index in [4.69, 9.17) is 5.11 Å². The van der Waals surface area contributed by atoms with E-state index in [9.17, 15) is 9.90 Å². The fourth-order valence-electron chi connectivity index (χ4n) is 2.17. The highest BCUT2D eigenvalue weighted by molar-refractivity contribution is 5.88. The van der Waals surface area contributed by atoms with Crippen molar-refractivity contribution in [2.45, 2.75) is 25.4 Å². The number of hydrogen-bond donors (Lipinski definition) is 2. The van der Waals surface area contributed by atoms with Crippen molar-refractivity contribution in [3.63, 3.8) is 0 Å². The van der Waals surface area contributed by atoms with Crippen molar-refractivity contribution >= 4 is 11.7 Å². The molecule has 1 aromatic carbocycles. The van der Waals surface area contributed by atoms with Crippen LogP contribution in [-0.4, -0.2) is 35.4 Å². The van der Waals surface area contributed by atoms with Gasteiger partial charge in [0.2, 0.25) is 0 Å². The molecule has 0 spiro atoms. The smallest absolute Gasteiger partial charge is 0.335 e. The minimum Gasteiger partial charge on any atom is -0.478 e. The summed E-state index contributed by atoms with van der Waals surface area (Å²) < 4.78 is 0. The highest BCUT2D eigenvalue weighted by atomic mass is 16.4. The summed E-state index contributed by atoms with van der Waals surface area (Å²) >= 11 is 0. The van der Waals surface area contributed by atoms with Gasteiger partial charge in [-0.15, -0.1) is 0 Å². The summed E-state index contributed by atoms with van der Waals surface area (Å²) in [6.07, 6.45) is 2.30. The maximum absolute atomic E-state index is 10.9. The van der Waals surface area contributed by atoms with E-state index >= 15 is 0 Å². The van der Waals surface area contributed by atoms with Crippen LogP contribution in [0.25, 0.3) is 0 Å². The molecule has 1 aromatic rings.